The van der Waals surface area contributed by atoms with Crippen molar-refractivity contribution in [1.29, 1.82) is 5.26 Å². The third kappa shape index (κ3) is 5.26. The normalized spacial score (nSPS) is 10.7. The number of carbonyl (C=O) groups is 2. The fraction of sp³-hybridized carbons (Fsp3) is 0.0556. The lowest BCUT2D eigenvalue weighted by molar-refractivity contribution is -0.139. The second-order valence-electron chi connectivity index (χ2n) is 5.04. The van der Waals surface area contributed by atoms with Gasteiger partial charge in [0.05, 0.1) is 5.02 Å². The van der Waals surface area contributed by atoms with Crippen molar-refractivity contribution in [3.8, 4) is 17.6 Å². The molecule has 0 atom stereocenters. The minimum absolute atomic E-state index is 0.0545. The van der Waals surface area contributed by atoms with E-state index in [9.17, 15) is 20.0 Å². The van der Waals surface area contributed by atoms with Crippen LogP contribution in [0.25, 0.3) is 6.08 Å². The van der Waals surface area contributed by atoms with Crippen LogP contribution >= 0.6 is 11.6 Å². The van der Waals surface area contributed by atoms with Crippen LogP contribution in [0.3, 0.4) is 0 Å². The quantitative estimate of drug-likeness (QED) is 0.407. The molecule has 0 saturated heterocycles. The van der Waals surface area contributed by atoms with Crippen LogP contribution in [-0.2, 0) is 9.59 Å². The van der Waals surface area contributed by atoms with Gasteiger partial charge in [-0.2, -0.15) is 5.26 Å². The van der Waals surface area contributed by atoms with Gasteiger partial charge in [0, 0.05) is 5.69 Å². The molecule has 0 heterocycles. The van der Waals surface area contributed by atoms with Crippen LogP contribution in [0.15, 0.2) is 48.0 Å². The Hall–Kier alpha value is -3.50. The van der Waals surface area contributed by atoms with E-state index in [2.05, 4.69) is 5.32 Å². The number of amides is 1. The maximum atomic E-state index is 12.2. The number of halogens is 1. The second-order valence-corrected chi connectivity index (χ2v) is 5.45. The van der Waals surface area contributed by atoms with Crippen molar-refractivity contribution in [2.45, 2.75) is 0 Å². The Morgan fingerprint density at radius 2 is 1.92 bits per heavy atom. The van der Waals surface area contributed by atoms with Gasteiger partial charge in [-0.15, -0.1) is 0 Å². The molecule has 0 aromatic heterocycles. The first-order valence-corrected chi connectivity index (χ1v) is 7.63. The molecule has 0 bridgehead atoms. The average Bonchev–Trinajstić information content (AvgIpc) is 2.60. The molecule has 8 heteroatoms. The lowest BCUT2D eigenvalue weighted by Crippen LogP contribution is -2.13. The molecular formula is C18H13ClN2O5. The number of ether oxygens (including phenoxy) is 1. The van der Waals surface area contributed by atoms with Gasteiger partial charge < -0.3 is 20.3 Å². The molecule has 0 aliphatic heterocycles. The van der Waals surface area contributed by atoms with Crippen molar-refractivity contribution in [2.75, 3.05) is 11.9 Å². The third-order valence-corrected chi connectivity index (χ3v) is 3.40. The van der Waals surface area contributed by atoms with Crippen LogP contribution in [0, 0.1) is 11.3 Å². The number of anilines is 1. The predicted molar refractivity (Wildman–Crippen MR) is 94.9 cm³/mol. The number of carbonyl (C=O) groups excluding carboxylic acids is 1. The highest BCUT2D eigenvalue weighted by molar-refractivity contribution is 6.32. The van der Waals surface area contributed by atoms with Crippen LogP contribution < -0.4 is 10.1 Å². The van der Waals surface area contributed by atoms with Crippen LogP contribution in [0.4, 0.5) is 5.69 Å². The van der Waals surface area contributed by atoms with Gasteiger partial charge in [0.25, 0.3) is 5.91 Å². The standard InChI is InChI=1S/C18H13ClN2O5/c19-15-8-11(1-6-16(15)26-10-17(23)24)7-12(9-20)18(25)21-13-2-4-14(22)5-3-13/h1-8,22H,10H2,(H,21,25)(H,23,24)/b12-7+. The Morgan fingerprint density at radius 3 is 2.50 bits per heavy atom. The molecule has 0 unspecified atom stereocenters. The monoisotopic (exact) mass is 372 g/mol. The summed E-state index contributed by atoms with van der Waals surface area (Å²) in [5.41, 5.74) is 0.729. The number of hydrogen-bond acceptors (Lipinski definition) is 5. The highest BCUT2D eigenvalue weighted by Crippen LogP contribution is 2.26. The van der Waals surface area contributed by atoms with E-state index in [-0.39, 0.29) is 22.1 Å². The molecule has 0 radical (unpaired) electrons. The van der Waals surface area contributed by atoms with E-state index in [4.69, 9.17) is 21.4 Å². The Morgan fingerprint density at radius 1 is 1.23 bits per heavy atom. The molecule has 2 aromatic carbocycles. The second kappa shape index (κ2) is 8.55. The maximum absolute atomic E-state index is 12.2. The predicted octanol–water partition coefficient (Wildman–Crippen LogP) is 3.05. The first kappa shape index (κ1) is 18.8. The lowest BCUT2D eigenvalue weighted by atomic mass is 10.1. The summed E-state index contributed by atoms with van der Waals surface area (Å²) in [5.74, 6) is -1.53. The van der Waals surface area contributed by atoms with Crippen molar-refractivity contribution in [3.05, 3.63) is 58.6 Å². The molecule has 7 nitrogen and oxygen atoms in total. The first-order valence-electron chi connectivity index (χ1n) is 7.25. The van der Waals surface area contributed by atoms with E-state index >= 15 is 0 Å². The van der Waals surface area contributed by atoms with E-state index in [1.54, 1.807) is 6.07 Å². The molecule has 0 spiro atoms. The number of benzene rings is 2. The van der Waals surface area contributed by atoms with E-state index in [1.165, 1.54) is 48.5 Å². The first-order chi connectivity index (χ1) is 12.4. The van der Waals surface area contributed by atoms with Crippen molar-refractivity contribution in [2.24, 2.45) is 0 Å². The van der Waals surface area contributed by atoms with E-state index in [1.807, 2.05) is 0 Å². The summed E-state index contributed by atoms with van der Waals surface area (Å²) >= 11 is 6.01. The zero-order valence-electron chi connectivity index (χ0n) is 13.3. The number of nitriles is 1. The van der Waals surface area contributed by atoms with E-state index in [0.717, 1.165) is 0 Å². The van der Waals surface area contributed by atoms with Gasteiger partial charge in [-0.25, -0.2) is 4.79 Å². The Kier molecular flexibility index (Phi) is 6.20. The molecule has 3 N–H and O–H groups in total. The Bertz CT molecular complexity index is 901. The van der Waals surface area contributed by atoms with Crippen LogP contribution in [0.1, 0.15) is 5.56 Å². The zero-order valence-corrected chi connectivity index (χ0v) is 14.0. The molecule has 0 aliphatic rings. The fourth-order valence-corrected chi connectivity index (χ4v) is 2.17. The van der Waals surface area contributed by atoms with Crippen molar-refractivity contribution in [3.63, 3.8) is 0 Å². The number of phenols is 1. The van der Waals surface area contributed by atoms with Gasteiger partial charge in [0.15, 0.2) is 6.61 Å². The SMILES string of the molecule is N#C/C(=C\c1ccc(OCC(=O)O)c(Cl)c1)C(=O)Nc1ccc(O)cc1. The third-order valence-electron chi connectivity index (χ3n) is 3.11. The zero-order chi connectivity index (χ0) is 19.1. The summed E-state index contributed by atoms with van der Waals surface area (Å²) in [5, 5.41) is 29.7. The molecule has 0 saturated carbocycles. The molecule has 1 amide bonds. The maximum Gasteiger partial charge on any atom is 0.341 e. The molecule has 0 aliphatic carbocycles. The molecule has 0 fully saturated rings. The molecule has 132 valence electrons. The van der Waals surface area contributed by atoms with Crippen molar-refractivity contribution >= 4 is 35.2 Å². The number of aromatic hydroxyl groups is 1. The summed E-state index contributed by atoms with van der Waals surface area (Å²) in [4.78, 5) is 22.7. The molecule has 26 heavy (non-hydrogen) atoms. The lowest BCUT2D eigenvalue weighted by Gasteiger charge is -2.07. The Labute approximate surface area is 153 Å². The molecular weight excluding hydrogens is 360 g/mol. The van der Waals surface area contributed by atoms with Crippen LogP contribution in [0.5, 0.6) is 11.5 Å². The number of carboxylic acid groups (broad SMARTS) is 1. The van der Waals surface area contributed by atoms with Gasteiger partial charge >= 0.3 is 5.97 Å². The van der Waals surface area contributed by atoms with Gasteiger partial charge in [0.2, 0.25) is 0 Å². The molecule has 2 aromatic rings. The fourth-order valence-electron chi connectivity index (χ4n) is 1.92. The van der Waals surface area contributed by atoms with Gasteiger partial charge in [-0.1, -0.05) is 17.7 Å². The van der Waals surface area contributed by atoms with Crippen molar-refractivity contribution < 1.29 is 24.5 Å². The number of rotatable bonds is 6. The summed E-state index contributed by atoms with van der Waals surface area (Å²) in [6, 6.07) is 12.0. The topological polar surface area (TPSA) is 120 Å². The number of carboxylic acids is 1. The summed E-state index contributed by atoms with van der Waals surface area (Å²) in [6.07, 6.45) is 1.34. The Balaban J connectivity index is 2.15. The van der Waals surface area contributed by atoms with Gasteiger partial charge in [-0.05, 0) is 48.0 Å². The highest BCUT2D eigenvalue weighted by atomic mass is 35.5. The number of nitrogens with zero attached hydrogens (tertiary/aromatic N) is 1. The van der Waals surface area contributed by atoms with Crippen molar-refractivity contribution in [1.82, 2.24) is 0 Å². The minimum atomic E-state index is -1.14. The average molecular weight is 373 g/mol. The number of hydrogen-bond donors (Lipinski definition) is 3. The number of nitrogens with one attached hydrogen (secondary N) is 1. The van der Waals surface area contributed by atoms with Gasteiger partial charge in [-0.3, -0.25) is 4.79 Å². The molecule has 2 rings (SSSR count). The summed E-state index contributed by atoms with van der Waals surface area (Å²) in [6.45, 7) is -0.534. The largest absolute Gasteiger partial charge is 0.508 e. The van der Waals surface area contributed by atoms with Crippen LogP contribution in [0.2, 0.25) is 5.02 Å². The number of phenolic OH excluding ortho intramolecular Hbond substituents is 1. The summed E-state index contributed by atoms with van der Waals surface area (Å²) < 4.78 is 5.00. The van der Waals surface area contributed by atoms with Gasteiger partial charge in [0.1, 0.15) is 23.1 Å². The van der Waals surface area contributed by atoms with Crippen LogP contribution in [-0.4, -0.2) is 28.7 Å². The number of aliphatic carboxylic acids is 1. The minimum Gasteiger partial charge on any atom is -0.508 e. The highest BCUT2D eigenvalue weighted by Gasteiger charge is 2.11. The van der Waals surface area contributed by atoms with E-state index < -0.39 is 18.5 Å². The van der Waals surface area contributed by atoms with E-state index in [0.29, 0.717) is 11.3 Å². The summed E-state index contributed by atoms with van der Waals surface area (Å²) in [7, 11) is 0. The smallest absolute Gasteiger partial charge is 0.341 e.